The van der Waals surface area contributed by atoms with Gasteiger partial charge in [-0.15, -0.1) is 11.6 Å². The van der Waals surface area contributed by atoms with E-state index in [9.17, 15) is 0 Å². The maximum Gasteiger partial charge on any atom is 0.0508 e. The largest absolute Gasteiger partial charge is 0.381 e. The molecule has 1 aliphatic heterocycles. The molecule has 0 spiro atoms. The van der Waals surface area contributed by atoms with E-state index in [-0.39, 0.29) is 5.38 Å². The van der Waals surface area contributed by atoms with Crippen molar-refractivity contribution < 1.29 is 4.74 Å². The van der Waals surface area contributed by atoms with Crippen LogP contribution in [-0.2, 0) is 11.2 Å². The molecule has 0 N–H and O–H groups in total. The van der Waals surface area contributed by atoms with Crippen LogP contribution in [-0.4, -0.2) is 23.6 Å². The Balaban J connectivity index is 1.90. The van der Waals surface area contributed by atoms with E-state index >= 15 is 0 Å². The molecular weight excluding hydrogens is 222 g/mol. The highest BCUT2D eigenvalue weighted by Gasteiger charge is 2.22. The van der Waals surface area contributed by atoms with Gasteiger partial charge in [-0.05, 0) is 37.3 Å². The number of rotatable bonds is 3. The van der Waals surface area contributed by atoms with Gasteiger partial charge in [-0.2, -0.15) is 0 Å². The van der Waals surface area contributed by atoms with Gasteiger partial charge in [0.25, 0.3) is 0 Å². The summed E-state index contributed by atoms with van der Waals surface area (Å²) in [4.78, 5) is 4.39. The van der Waals surface area contributed by atoms with Gasteiger partial charge in [0.05, 0.1) is 6.61 Å². The molecule has 3 heteroatoms. The first-order valence-corrected chi connectivity index (χ1v) is 6.32. The average molecular weight is 240 g/mol. The van der Waals surface area contributed by atoms with Crippen molar-refractivity contribution in [3.05, 3.63) is 29.6 Å². The van der Waals surface area contributed by atoms with Gasteiger partial charge in [-0.1, -0.05) is 6.07 Å². The lowest BCUT2D eigenvalue weighted by atomic mass is 9.95. The monoisotopic (exact) mass is 239 g/mol. The molecule has 1 aromatic heterocycles. The molecule has 0 aliphatic carbocycles. The first kappa shape index (κ1) is 11.9. The zero-order valence-corrected chi connectivity index (χ0v) is 10.4. The SMILES string of the molecule is Cc1ccc(CC(Cl)C2CCCOC2)nc1. The summed E-state index contributed by atoms with van der Waals surface area (Å²) in [6.07, 6.45) is 5.06. The predicted octanol–water partition coefficient (Wildman–Crippen LogP) is 2.97. The molecule has 1 fully saturated rings. The summed E-state index contributed by atoms with van der Waals surface area (Å²) in [5.74, 6) is 0.485. The van der Waals surface area contributed by atoms with Crippen LogP contribution in [0.2, 0.25) is 0 Å². The molecule has 88 valence electrons. The van der Waals surface area contributed by atoms with Crippen LogP contribution in [0.25, 0.3) is 0 Å². The molecule has 2 heterocycles. The van der Waals surface area contributed by atoms with Gasteiger partial charge in [-0.25, -0.2) is 0 Å². The van der Waals surface area contributed by atoms with Crippen molar-refractivity contribution in [1.29, 1.82) is 0 Å². The van der Waals surface area contributed by atoms with Crippen LogP contribution in [0.4, 0.5) is 0 Å². The van der Waals surface area contributed by atoms with Gasteiger partial charge < -0.3 is 4.74 Å². The van der Waals surface area contributed by atoms with Crippen LogP contribution < -0.4 is 0 Å². The maximum absolute atomic E-state index is 6.41. The van der Waals surface area contributed by atoms with Crippen LogP contribution in [0.3, 0.4) is 0 Å². The molecule has 2 unspecified atom stereocenters. The van der Waals surface area contributed by atoms with Crippen molar-refractivity contribution >= 4 is 11.6 Å². The van der Waals surface area contributed by atoms with Crippen LogP contribution in [0.15, 0.2) is 18.3 Å². The van der Waals surface area contributed by atoms with Crippen molar-refractivity contribution in [1.82, 2.24) is 4.98 Å². The molecule has 0 saturated carbocycles. The van der Waals surface area contributed by atoms with E-state index in [0.29, 0.717) is 5.92 Å². The molecule has 0 radical (unpaired) electrons. The number of ether oxygens (including phenoxy) is 1. The van der Waals surface area contributed by atoms with Crippen molar-refractivity contribution in [2.75, 3.05) is 13.2 Å². The van der Waals surface area contributed by atoms with E-state index in [2.05, 4.69) is 17.1 Å². The van der Waals surface area contributed by atoms with Gasteiger partial charge >= 0.3 is 0 Å². The molecule has 2 nitrogen and oxygen atoms in total. The molecule has 1 saturated heterocycles. The number of halogens is 1. The Labute approximate surface area is 102 Å². The Morgan fingerprint density at radius 1 is 1.56 bits per heavy atom. The second-order valence-electron chi connectivity index (χ2n) is 4.52. The molecule has 0 bridgehead atoms. The molecule has 2 atom stereocenters. The average Bonchev–Trinajstić information content (AvgIpc) is 2.33. The third-order valence-electron chi connectivity index (χ3n) is 3.08. The van der Waals surface area contributed by atoms with E-state index in [1.807, 2.05) is 13.1 Å². The number of pyridine rings is 1. The Bertz CT molecular complexity index is 319. The summed E-state index contributed by atoms with van der Waals surface area (Å²) in [5.41, 5.74) is 2.27. The minimum Gasteiger partial charge on any atom is -0.381 e. The summed E-state index contributed by atoms with van der Waals surface area (Å²) < 4.78 is 5.46. The second-order valence-corrected chi connectivity index (χ2v) is 5.08. The lowest BCUT2D eigenvalue weighted by Crippen LogP contribution is -2.27. The van der Waals surface area contributed by atoms with Crippen LogP contribution >= 0.6 is 11.6 Å². The topological polar surface area (TPSA) is 22.1 Å². The third-order valence-corrected chi connectivity index (χ3v) is 3.59. The summed E-state index contributed by atoms with van der Waals surface area (Å²) in [6, 6.07) is 4.15. The smallest absolute Gasteiger partial charge is 0.0508 e. The second kappa shape index (κ2) is 5.65. The highest BCUT2D eigenvalue weighted by Crippen LogP contribution is 2.23. The summed E-state index contributed by atoms with van der Waals surface area (Å²) >= 11 is 6.41. The van der Waals surface area contributed by atoms with Crippen molar-refractivity contribution in [2.45, 2.75) is 31.6 Å². The van der Waals surface area contributed by atoms with Gasteiger partial charge in [0, 0.05) is 30.3 Å². The molecule has 0 aromatic carbocycles. The fraction of sp³-hybridized carbons (Fsp3) is 0.615. The van der Waals surface area contributed by atoms with E-state index in [1.165, 1.54) is 12.0 Å². The van der Waals surface area contributed by atoms with Crippen LogP contribution in [0.1, 0.15) is 24.1 Å². The lowest BCUT2D eigenvalue weighted by Gasteiger charge is -2.26. The number of alkyl halides is 1. The fourth-order valence-corrected chi connectivity index (χ4v) is 2.39. The van der Waals surface area contributed by atoms with E-state index in [1.54, 1.807) is 0 Å². The summed E-state index contributed by atoms with van der Waals surface area (Å²) in [6.45, 7) is 3.74. The maximum atomic E-state index is 6.41. The Morgan fingerprint density at radius 3 is 3.06 bits per heavy atom. The molecule has 1 aromatic rings. The van der Waals surface area contributed by atoms with Crippen molar-refractivity contribution in [2.24, 2.45) is 5.92 Å². The molecule has 0 amide bonds. The Kier molecular flexibility index (Phi) is 4.19. The number of aryl methyl sites for hydroxylation is 1. The van der Waals surface area contributed by atoms with Gasteiger partial charge in [0.1, 0.15) is 0 Å². The number of nitrogens with zero attached hydrogens (tertiary/aromatic N) is 1. The highest BCUT2D eigenvalue weighted by molar-refractivity contribution is 6.20. The summed E-state index contributed by atoms with van der Waals surface area (Å²) in [7, 11) is 0. The van der Waals surface area contributed by atoms with Crippen LogP contribution in [0, 0.1) is 12.8 Å². The molecular formula is C13H18ClNO. The number of aromatic nitrogens is 1. The normalized spacial score (nSPS) is 23.0. The van der Waals surface area contributed by atoms with Gasteiger partial charge in [0.2, 0.25) is 0 Å². The first-order valence-electron chi connectivity index (χ1n) is 5.89. The highest BCUT2D eigenvalue weighted by atomic mass is 35.5. The van der Waals surface area contributed by atoms with Crippen LogP contribution in [0.5, 0.6) is 0 Å². The standard InChI is InChI=1S/C13H18ClNO/c1-10-4-5-12(15-8-10)7-13(14)11-3-2-6-16-9-11/h4-5,8,11,13H,2-3,6-7,9H2,1H3. The Hall–Kier alpha value is -0.600. The predicted molar refractivity (Wildman–Crippen MR) is 65.9 cm³/mol. The van der Waals surface area contributed by atoms with Crippen molar-refractivity contribution in [3.8, 4) is 0 Å². The lowest BCUT2D eigenvalue weighted by molar-refractivity contribution is 0.0532. The minimum atomic E-state index is 0.149. The van der Waals surface area contributed by atoms with Crippen molar-refractivity contribution in [3.63, 3.8) is 0 Å². The molecule has 16 heavy (non-hydrogen) atoms. The number of hydrogen-bond donors (Lipinski definition) is 0. The van der Waals surface area contributed by atoms with Gasteiger partial charge in [0.15, 0.2) is 0 Å². The van der Waals surface area contributed by atoms with E-state index in [4.69, 9.17) is 16.3 Å². The Morgan fingerprint density at radius 2 is 2.44 bits per heavy atom. The quantitative estimate of drug-likeness (QED) is 0.757. The van der Waals surface area contributed by atoms with Gasteiger partial charge in [-0.3, -0.25) is 4.98 Å². The van der Waals surface area contributed by atoms with E-state index < -0.39 is 0 Å². The molecule has 2 rings (SSSR count). The zero-order chi connectivity index (χ0) is 11.4. The summed E-state index contributed by atoms with van der Waals surface area (Å²) in [5, 5.41) is 0.149. The van der Waals surface area contributed by atoms with E-state index in [0.717, 1.165) is 31.7 Å². The number of hydrogen-bond acceptors (Lipinski definition) is 2. The minimum absolute atomic E-state index is 0.149. The molecule has 1 aliphatic rings. The zero-order valence-electron chi connectivity index (χ0n) is 9.66. The first-order chi connectivity index (χ1) is 7.75. The third kappa shape index (κ3) is 3.19. The fourth-order valence-electron chi connectivity index (χ4n) is 2.04.